The second-order valence-corrected chi connectivity index (χ2v) is 9.90. The van der Waals surface area contributed by atoms with Gasteiger partial charge in [-0.15, -0.1) is 0 Å². The van der Waals surface area contributed by atoms with Gasteiger partial charge in [-0.25, -0.2) is 22.7 Å². The van der Waals surface area contributed by atoms with Gasteiger partial charge < -0.3 is 10.2 Å². The number of anilines is 1. The minimum atomic E-state index is -2.99. The van der Waals surface area contributed by atoms with Gasteiger partial charge in [0, 0.05) is 61.7 Å². The van der Waals surface area contributed by atoms with Gasteiger partial charge in [0.2, 0.25) is 0 Å². The van der Waals surface area contributed by atoms with Crippen LogP contribution >= 0.6 is 0 Å². The molecule has 10 heteroatoms. The third-order valence-corrected chi connectivity index (χ3v) is 7.32. The van der Waals surface area contributed by atoms with Crippen LogP contribution in [0.15, 0.2) is 60.9 Å². The second-order valence-electron chi connectivity index (χ2n) is 9.90. The first-order valence-corrected chi connectivity index (χ1v) is 12.6. The van der Waals surface area contributed by atoms with Crippen molar-refractivity contribution >= 4 is 17.2 Å². The Kier molecular flexibility index (Phi) is 6.33. The van der Waals surface area contributed by atoms with Crippen LogP contribution in [0.5, 0.6) is 0 Å². The summed E-state index contributed by atoms with van der Waals surface area (Å²) < 4.78 is 46.1. The number of hydrogen-bond donors (Lipinski definition) is 1. The van der Waals surface area contributed by atoms with E-state index in [1.807, 2.05) is 7.05 Å². The highest BCUT2D eigenvalue weighted by Crippen LogP contribution is 2.50. The van der Waals surface area contributed by atoms with Crippen molar-refractivity contribution in [2.45, 2.75) is 18.4 Å². The number of piperazine rings is 1. The number of imidazole rings is 1. The first-order chi connectivity index (χ1) is 18.8. The van der Waals surface area contributed by atoms with Crippen LogP contribution in [0.25, 0.3) is 5.65 Å². The molecule has 0 saturated carbocycles. The van der Waals surface area contributed by atoms with Gasteiger partial charge >= 0.3 is 0 Å². The van der Waals surface area contributed by atoms with Crippen LogP contribution in [0, 0.1) is 17.7 Å². The number of likely N-dealkylation sites (N-methyl/N-ethyl adjacent to an activating group) is 1. The minimum Gasteiger partial charge on any atom is -0.322 e. The highest BCUT2D eigenvalue weighted by molar-refractivity contribution is 6.04. The fraction of sp³-hybridized carbons (Fsp3) is 0.276. The van der Waals surface area contributed by atoms with Gasteiger partial charge in [-0.2, -0.15) is 5.10 Å². The molecule has 1 N–H and O–H groups in total. The third kappa shape index (κ3) is 4.87. The molecule has 1 fully saturated rings. The molecule has 7 nitrogen and oxygen atoms in total. The Morgan fingerprint density at radius 1 is 1.08 bits per heavy atom. The van der Waals surface area contributed by atoms with Crippen molar-refractivity contribution in [3.8, 4) is 11.8 Å². The molecule has 1 atom stereocenters. The van der Waals surface area contributed by atoms with E-state index >= 15 is 8.78 Å². The monoisotopic (exact) mass is 530 g/mol. The molecule has 198 valence electrons. The molecule has 39 heavy (non-hydrogen) atoms. The fourth-order valence-corrected chi connectivity index (χ4v) is 5.17. The van der Waals surface area contributed by atoms with Crippen molar-refractivity contribution in [3.63, 3.8) is 0 Å². The van der Waals surface area contributed by atoms with Gasteiger partial charge in [-0.1, -0.05) is 12.0 Å². The molecule has 1 aliphatic carbocycles. The SMILES string of the molecule is CN1CCN(C2CC(F)(F)c3cc(NC(=O)c4ccc(F)c(C#Cc5cnc6cccnn56)c4)ccc32)CC1. The highest BCUT2D eigenvalue weighted by Gasteiger charge is 2.47. The average Bonchev–Trinajstić information content (AvgIpc) is 3.46. The van der Waals surface area contributed by atoms with E-state index in [1.54, 1.807) is 30.5 Å². The van der Waals surface area contributed by atoms with E-state index < -0.39 is 17.6 Å². The van der Waals surface area contributed by atoms with E-state index in [0.717, 1.165) is 32.2 Å². The van der Waals surface area contributed by atoms with Crippen LogP contribution in [0.3, 0.4) is 0 Å². The lowest BCUT2D eigenvalue weighted by molar-refractivity contribution is -0.0257. The van der Waals surface area contributed by atoms with Crippen molar-refractivity contribution in [3.05, 3.63) is 94.7 Å². The Hall–Kier alpha value is -4.20. The Balaban J connectivity index is 1.22. The number of nitrogens with zero attached hydrogens (tertiary/aromatic N) is 5. The van der Waals surface area contributed by atoms with E-state index in [1.165, 1.54) is 28.9 Å². The maximum atomic E-state index is 15.0. The summed E-state index contributed by atoms with van der Waals surface area (Å²) in [5.41, 5.74) is 2.04. The van der Waals surface area contributed by atoms with E-state index in [2.05, 4.69) is 37.0 Å². The molecule has 1 amide bonds. The van der Waals surface area contributed by atoms with E-state index in [9.17, 15) is 9.18 Å². The van der Waals surface area contributed by atoms with E-state index in [4.69, 9.17) is 0 Å². The molecule has 1 saturated heterocycles. The lowest BCUT2D eigenvalue weighted by Gasteiger charge is -2.36. The maximum absolute atomic E-state index is 15.0. The molecular weight excluding hydrogens is 505 g/mol. The number of alkyl halides is 2. The van der Waals surface area contributed by atoms with Gasteiger partial charge in [0.1, 0.15) is 11.5 Å². The molecule has 0 radical (unpaired) electrons. The largest absolute Gasteiger partial charge is 0.322 e. The Labute approximate surface area is 223 Å². The Bertz CT molecular complexity index is 1630. The van der Waals surface area contributed by atoms with Gasteiger partial charge in [0.05, 0.1) is 11.8 Å². The first kappa shape index (κ1) is 25.1. The summed E-state index contributed by atoms with van der Waals surface area (Å²) >= 11 is 0. The highest BCUT2D eigenvalue weighted by atomic mass is 19.3. The number of rotatable bonds is 3. The molecule has 2 aliphatic rings. The van der Waals surface area contributed by atoms with Crippen molar-refractivity contribution < 1.29 is 18.0 Å². The zero-order valence-corrected chi connectivity index (χ0v) is 21.2. The topological polar surface area (TPSA) is 65.8 Å². The van der Waals surface area contributed by atoms with Gasteiger partial charge in [-0.05, 0) is 61.0 Å². The molecule has 0 bridgehead atoms. The molecule has 0 spiro atoms. The van der Waals surface area contributed by atoms with Crippen molar-refractivity contribution in [1.82, 2.24) is 24.4 Å². The van der Waals surface area contributed by atoms with Crippen LogP contribution in [0.1, 0.15) is 45.2 Å². The molecule has 2 aromatic carbocycles. The molecular formula is C29H25F3N6O. The predicted molar refractivity (Wildman–Crippen MR) is 140 cm³/mol. The number of halogens is 3. The molecule has 2 aromatic heterocycles. The molecule has 4 aromatic rings. The van der Waals surface area contributed by atoms with Gasteiger partial charge in [0.25, 0.3) is 11.8 Å². The lowest BCUT2D eigenvalue weighted by atomic mass is 10.0. The number of hydrogen-bond acceptors (Lipinski definition) is 5. The number of benzene rings is 2. The molecule has 1 aliphatic heterocycles. The summed E-state index contributed by atoms with van der Waals surface area (Å²) in [5.74, 6) is 1.44. The summed E-state index contributed by atoms with van der Waals surface area (Å²) in [6.07, 6.45) is 2.85. The number of carbonyl (C=O) groups is 1. The summed E-state index contributed by atoms with van der Waals surface area (Å²) in [6.45, 7) is 3.15. The zero-order chi connectivity index (χ0) is 27.1. The standard InChI is InChI=1S/C29H25F3N6O/c1-36-11-13-37(14-12-36)26-17-29(31,32)24-16-21(6-8-23(24)26)35-28(39)20-5-9-25(30)19(15-20)4-7-22-18-33-27-3-2-10-34-38(22)27/h2-3,5-6,8-10,15-16,18,26H,11-14,17H2,1H3,(H,35,39). The van der Waals surface area contributed by atoms with E-state index in [0.29, 0.717) is 16.9 Å². The van der Waals surface area contributed by atoms with Crippen LogP contribution < -0.4 is 5.32 Å². The Morgan fingerprint density at radius 2 is 1.90 bits per heavy atom. The third-order valence-electron chi connectivity index (χ3n) is 7.32. The second kappa shape index (κ2) is 9.84. The summed E-state index contributed by atoms with van der Waals surface area (Å²) in [5, 5.41) is 6.85. The fourth-order valence-electron chi connectivity index (χ4n) is 5.17. The minimum absolute atomic E-state index is 0.0176. The van der Waals surface area contributed by atoms with Gasteiger partial charge in [-0.3, -0.25) is 9.69 Å². The quantitative estimate of drug-likeness (QED) is 0.400. The molecule has 3 heterocycles. The number of carbonyl (C=O) groups excluding carboxylic acids is 1. The smallest absolute Gasteiger partial charge is 0.275 e. The van der Waals surface area contributed by atoms with Crippen LogP contribution in [0.4, 0.5) is 18.9 Å². The van der Waals surface area contributed by atoms with Crippen molar-refractivity contribution in [2.24, 2.45) is 0 Å². The lowest BCUT2D eigenvalue weighted by Crippen LogP contribution is -2.45. The van der Waals surface area contributed by atoms with E-state index in [-0.39, 0.29) is 34.8 Å². The number of nitrogens with one attached hydrogen (secondary N) is 1. The normalized spacial score (nSPS) is 18.9. The number of amides is 1. The maximum Gasteiger partial charge on any atom is 0.275 e. The molecule has 1 unspecified atom stereocenters. The van der Waals surface area contributed by atoms with Gasteiger partial charge in [0.15, 0.2) is 5.65 Å². The summed E-state index contributed by atoms with van der Waals surface area (Å²) in [7, 11) is 2.03. The van der Waals surface area contributed by atoms with Crippen LogP contribution in [-0.2, 0) is 5.92 Å². The van der Waals surface area contributed by atoms with Crippen LogP contribution in [-0.4, -0.2) is 63.5 Å². The average molecular weight is 531 g/mol. The molecule has 6 rings (SSSR count). The van der Waals surface area contributed by atoms with Crippen molar-refractivity contribution in [1.29, 1.82) is 0 Å². The Morgan fingerprint density at radius 3 is 2.72 bits per heavy atom. The number of fused-ring (bicyclic) bond motifs is 2. The van der Waals surface area contributed by atoms with Crippen LogP contribution in [0.2, 0.25) is 0 Å². The number of aromatic nitrogens is 3. The first-order valence-electron chi connectivity index (χ1n) is 12.6. The van der Waals surface area contributed by atoms with Crippen molar-refractivity contribution in [2.75, 3.05) is 38.5 Å². The summed E-state index contributed by atoms with van der Waals surface area (Å²) in [4.78, 5) is 21.5. The predicted octanol–water partition coefficient (Wildman–Crippen LogP) is 4.30. The summed E-state index contributed by atoms with van der Waals surface area (Å²) in [6, 6.07) is 11.7. The zero-order valence-electron chi connectivity index (χ0n) is 21.2.